The molecule has 1 unspecified atom stereocenters. The van der Waals surface area contributed by atoms with Crippen molar-refractivity contribution < 1.29 is 4.79 Å². The quantitative estimate of drug-likeness (QED) is 0.666. The van der Waals surface area contributed by atoms with Gasteiger partial charge in [-0.05, 0) is 49.6 Å². The Morgan fingerprint density at radius 1 is 0.906 bits per heavy atom. The first-order valence-electron chi connectivity index (χ1n) is 11.2. The predicted octanol–water partition coefficient (Wildman–Crippen LogP) is 2.41. The molecular formula is C24H27N7O. The molecule has 1 amide bonds. The number of anilines is 1. The second kappa shape index (κ2) is 9.40. The molecule has 8 heteroatoms. The van der Waals surface area contributed by atoms with Gasteiger partial charge in [-0.1, -0.05) is 0 Å². The number of rotatable bonds is 5. The Labute approximate surface area is 187 Å². The summed E-state index contributed by atoms with van der Waals surface area (Å²) in [5, 5.41) is 3.81. The predicted molar refractivity (Wildman–Crippen MR) is 122 cm³/mol. The van der Waals surface area contributed by atoms with E-state index in [0.29, 0.717) is 17.6 Å². The van der Waals surface area contributed by atoms with Crippen LogP contribution in [0.2, 0.25) is 0 Å². The minimum Gasteiger partial charge on any atom is -0.339 e. The highest BCUT2D eigenvalue weighted by Gasteiger charge is 2.29. The lowest BCUT2D eigenvalue weighted by molar-refractivity contribution is 0.0702. The van der Waals surface area contributed by atoms with Crippen LogP contribution in [-0.4, -0.2) is 69.0 Å². The molecule has 2 aliphatic rings. The molecule has 8 nitrogen and oxygen atoms in total. The minimum absolute atomic E-state index is 0.0780. The molecule has 0 aliphatic carbocycles. The van der Waals surface area contributed by atoms with Crippen molar-refractivity contribution in [1.29, 1.82) is 0 Å². The molecule has 2 fully saturated rings. The Morgan fingerprint density at radius 2 is 1.69 bits per heavy atom. The highest BCUT2D eigenvalue weighted by Crippen LogP contribution is 2.22. The Hall–Kier alpha value is -3.39. The molecule has 2 saturated heterocycles. The van der Waals surface area contributed by atoms with Crippen LogP contribution in [-0.2, 0) is 0 Å². The molecule has 1 atom stereocenters. The van der Waals surface area contributed by atoms with E-state index in [1.165, 1.54) is 0 Å². The molecule has 2 aliphatic heterocycles. The van der Waals surface area contributed by atoms with Crippen molar-refractivity contribution >= 4 is 11.9 Å². The second-order valence-electron chi connectivity index (χ2n) is 8.39. The number of pyridine rings is 2. The maximum Gasteiger partial charge on any atom is 0.255 e. The Kier molecular flexibility index (Phi) is 6.02. The molecular weight excluding hydrogens is 402 g/mol. The van der Waals surface area contributed by atoms with Gasteiger partial charge in [-0.3, -0.25) is 14.8 Å². The van der Waals surface area contributed by atoms with Crippen LogP contribution in [0.25, 0.3) is 11.3 Å². The molecule has 3 aromatic rings. The monoisotopic (exact) mass is 429 g/mol. The summed E-state index contributed by atoms with van der Waals surface area (Å²) in [5.74, 6) is 0.849. The van der Waals surface area contributed by atoms with Gasteiger partial charge < -0.3 is 15.1 Å². The molecule has 0 aromatic carbocycles. The van der Waals surface area contributed by atoms with Gasteiger partial charge in [-0.15, -0.1) is 0 Å². The van der Waals surface area contributed by atoms with E-state index < -0.39 is 0 Å². The normalized spacial score (nSPS) is 19.3. The number of hydrogen-bond acceptors (Lipinski definition) is 7. The SMILES string of the molecule is O=C(c1cccnc1)N1CCC(NC2CCN(c3nccc(-c4cccnc4)n3)C2)CC1. The number of nitrogens with one attached hydrogen (secondary N) is 1. The average Bonchev–Trinajstić information content (AvgIpc) is 3.34. The third kappa shape index (κ3) is 4.60. The lowest BCUT2D eigenvalue weighted by Gasteiger charge is -2.34. The Bertz CT molecular complexity index is 1040. The summed E-state index contributed by atoms with van der Waals surface area (Å²) in [6.07, 6.45) is 11.7. The highest BCUT2D eigenvalue weighted by molar-refractivity contribution is 5.93. The number of hydrogen-bond donors (Lipinski definition) is 1. The molecule has 0 radical (unpaired) electrons. The summed E-state index contributed by atoms with van der Waals surface area (Å²) in [6, 6.07) is 10.3. The fourth-order valence-corrected chi connectivity index (χ4v) is 4.51. The largest absolute Gasteiger partial charge is 0.339 e. The van der Waals surface area contributed by atoms with Gasteiger partial charge in [0, 0.05) is 74.8 Å². The van der Waals surface area contributed by atoms with Gasteiger partial charge in [0.1, 0.15) is 0 Å². The zero-order valence-corrected chi connectivity index (χ0v) is 18.0. The number of amides is 1. The molecule has 0 spiro atoms. The van der Waals surface area contributed by atoms with Crippen LogP contribution in [0.3, 0.4) is 0 Å². The number of piperidine rings is 1. The molecule has 0 bridgehead atoms. The third-order valence-corrected chi connectivity index (χ3v) is 6.23. The Balaban J connectivity index is 1.14. The van der Waals surface area contributed by atoms with Crippen molar-refractivity contribution in [3.8, 4) is 11.3 Å². The average molecular weight is 430 g/mol. The third-order valence-electron chi connectivity index (χ3n) is 6.23. The smallest absolute Gasteiger partial charge is 0.255 e. The van der Waals surface area contributed by atoms with E-state index in [2.05, 4.69) is 25.2 Å². The summed E-state index contributed by atoms with van der Waals surface area (Å²) in [7, 11) is 0. The molecule has 1 N–H and O–H groups in total. The van der Waals surface area contributed by atoms with Crippen LogP contribution >= 0.6 is 0 Å². The molecule has 32 heavy (non-hydrogen) atoms. The molecule has 0 saturated carbocycles. The van der Waals surface area contributed by atoms with Gasteiger partial charge >= 0.3 is 0 Å². The molecule has 5 heterocycles. The van der Waals surface area contributed by atoms with Crippen molar-refractivity contribution in [2.24, 2.45) is 0 Å². The van der Waals surface area contributed by atoms with Crippen LogP contribution in [0, 0.1) is 0 Å². The highest BCUT2D eigenvalue weighted by atomic mass is 16.2. The number of carbonyl (C=O) groups is 1. The van der Waals surface area contributed by atoms with Crippen LogP contribution in [0.4, 0.5) is 5.95 Å². The van der Waals surface area contributed by atoms with Crippen molar-refractivity contribution in [2.75, 3.05) is 31.1 Å². The minimum atomic E-state index is 0.0780. The zero-order valence-electron chi connectivity index (χ0n) is 18.0. The van der Waals surface area contributed by atoms with E-state index in [0.717, 1.165) is 62.6 Å². The number of aromatic nitrogens is 4. The lowest BCUT2D eigenvalue weighted by Crippen LogP contribution is -2.48. The van der Waals surface area contributed by atoms with Gasteiger partial charge in [0.05, 0.1) is 11.3 Å². The van der Waals surface area contributed by atoms with Gasteiger partial charge in [-0.25, -0.2) is 9.97 Å². The fraction of sp³-hybridized carbons (Fsp3) is 0.375. The van der Waals surface area contributed by atoms with Crippen molar-refractivity contribution in [3.05, 3.63) is 66.9 Å². The molecule has 3 aromatic heterocycles. The van der Waals surface area contributed by atoms with Gasteiger partial charge in [0.2, 0.25) is 5.95 Å². The topological polar surface area (TPSA) is 87.1 Å². The number of nitrogens with zero attached hydrogens (tertiary/aromatic N) is 6. The van der Waals surface area contributed by atoms with E-state index in [9.17, 15) is 4.79 Å². The summed E-state index contributed by atoms with van der Waals surface area (Å²) in [4.78, 5) is 34.3. The van der Waals surface area contributed by atoms with E-state index in [1.807, 2.05) is 47.6 Å². The number of likely N-dealkylation sites (tertiary alicyclic amines) is 1. The van der Waals surface area contributed by atoms with E-state index in [-0.39, 0.29) is 5.91 Å². The van der Waals surface area contributed by atoms with Gasteiger partial charge in [0.25, 0.3) is 5.91 Å². The number of carbonyl (C=O) groups excluding carboxylic acids is 1. The van der Waals surface area contributed by atoms with Crippen LogP contribution in [0.5, 0.6) is 0 Å². The van der Waals surface area contributed by atoms with Crippen molar-refractivity contribution in [3.63, 3.8) is 0 Å². The van der Waals surface area contributed by atoms with Crippen LogP contribution in [0.15, 0.2) is 61.3 Å². The molecule has 5 rings (SSSR count). The van der Waals surface area contributed by atoms with Crippen molar-refractivity contribution in [1.82, 2.24) is 30.2 Å². The van der Waals surface area contributed by atoms with E-state index in [1.54, 1.807) is 18.6 Å². The lowest BCUT2D eigenvalue weighted by atomic mass is 10.0. The Morgan fingerprint density at radius 3 is 2.44 bits per heavy atom. The van der Waals surface area contributed by atoms with Crippen molar-refractivity contribution in [2.45, 2.75) is 31.3 Å². The fourth-order valence-electron chi connectivity index (χ4n) is 4.51. The molecule has 164 valence electrons. The summed E-state index contributed by atoms with van der Waals surface area (Å²) < 4.78 is 0. The summed E-state index contributed by atoms with van der Waals surface area (Å²) in [5.41, 5.74) is 2.56. The van der Waals surface area contributed by atoms with Crippen LogP contribution in [0.1, 0.15) is 29.6 Å². The van der Waals surface area contributed by atoms with E-state index in [4.69, 9.17) is 4.98 Å². The van der Waals surface area contributed by atoms with Gasteiger partial charge in [-0.2, -0.15) is 0 Å². The first-order chi connectivity index (χ1) is 15.8. The standard InChI is InChI=1S/C24H27N7O/c32-23(19-4-2-10-26-16-19)30-12-6-20(7-13-30)28-21-8-14-31(17-21)24-27-11-5-22(29-24)18-3-1-9-25-15-18/h1-5,9-11,15-16,20-21,28H,6-8,12-14,17H2. The van der Waals surface area contributed by atoms with Gasteiger partial charge in [0.15, 0.2) is 0 Å². The van der Waals surface area contributed by atoms with E-state index >= 15 is 0 Å². The first kappa shape index (κ1) is 20.5. The summed E-state index contributed by atoms with van der Waals surface area (Å²) >= 11 is 0. The maximum absolute atomic E-state index is 12.6. The second-order valence-corrected chi connectivity index (χ2v) is 8.39. The first-order valence-corrected chi connectivity index (χ1v) is 11.2. The maximum atomic E-state index is 12.6. The zero-order chi connectivity index (χ0) is 21.8. The van der Waals surface area contributed by atoms with Crippen LogP contribution < -0.4 is 10.2 Å². The summed E-state index contributed by atoms with van der Waals surface area (Å²) in [6.45, 7) is 3.38.